The zero-order chi connectivity index (χ0) is 27.7. The summed E-state index contributed by atoms with van der Waals surface area (Å²) >= 11 is 0. The Hall–Kier alpha value is -4.19. The lowest BCUT2D eigenvalue weighted by Gasteiger charge is -2.35. The van der Waals surface area contributed by atoms with Gasteiger partial charge in [0.2, 0.25) is 0 Å². The van der Waals surface area contributed by atoms with Gasteiger partial charge in [0.15, 0.2) is 5.60 Å². The number of hydrogen-bond acceptors (Lipinski definition) is 7. The van der Waals surface area contributed by atoms with Gasteiger partial charge in [-0.1, -0.05) is 18.2 Å². The molecule has 0 aliphatic carbocycles. The average molecular weight is 529 g/mol. The Kier molecular flexibility index (Phi) is 7.02. The lowest BCUT2D eigenvalue weighted by atomic mass is 9.84. The third-order valence-electron chi connectivity index (χ3n) is 5.62. The van der Waals surface area contributed by atoms with Crippen molar-refractivity contribution in [2.75, 3.05) is 0 Å². The molecule has 0 fully saturated rings. The predicted octanol–water partition coefficient (Wildman–Crippen LogP) is 4.65. The normalized spacial score (nSPS) is 13.7. The van der Waals surface area contributed by atoms with E-state index in [4.69, 9.17) is 4.74 Å². The van der Waals surface area contributed by atoms with E-state index in [0.29, 0.717) is 22.8 Å². The first-order valence-electron chi connectivity index (χ1n) is 11.4. The van der Waals surface area contributed by atoms with Crippen LogP contribution >= 0.6 is 0 Å². The average Bonchev–Trinajstić information content (AvgIpc) is 3.36. The second kappa shape index (κ2) is 9.93. The van der Waals surface area contributed by atoms with Crippen molar-refractivity contribution in [3.05, 3.63) is 95.6 Å². The summed E-state index contributed by atoms with van der Waals surface area (Å²) in [7, 11) is 0. The van der Waals surface area contributed by atoms with E-state index in [2.05, 4.69) is 20.5 Å². The first kappa shape index (κ1) is 26.9. The molecule has 1 atom stereocenters. The van der Waals surface area contributed by atoms with Crippen molar-refractivity contribution in [1.82, 2.24) is 25.2 Å². The van der Waals surface area contributed by atoms with Gasteiger partial charge in [-0.25, -0.2) is 18.3 Å². The highest BCUT2D eigenvalue weighted by atomic mass is 19.3. The second-order valence-corrected chi connectivity index (χ2v) is 9.58. The van der Waals surface area contributed by atoms with Gasteiger partial charge >= 0.3 is 11.9 Å². The monoisotopic (exact) mass is 529 g/mol. The topological polar surface area (TPSA) is 103 Å². The molecule has 4 aromatic rings. The Balaban J connectivity index is 1.66. The number of halogens is 4. The SMILES string of the molecule is CC(C)(C)OC(=O)c1ccc(-c2ccc(C(F)(F)C(O)(Cn3cnnn3)c3ccc(F)cc3F)nc2)cc1. The minimum absolute atomic E-state index is 0.314. The number of ether oxygens (including phenoxy) is 1. The number of alkyl halides is 2. The van der Waals surface area contributed by atoms with Crippen LogP contribution < -0.4 is 0 Å². The van der Waals surface area contributed by atoms with E-state index < -0.39 is 52.5 Å². The molecule has 2 heterocycles. The van der Waals surface area contributed by atoms with E-state index in [9.17, 15) is 18.7 Å². The van der Waals surface area contributed by atoms with Gasteiger partial charge in [0, 0.05) is 23.4 Å². The van der Waals surface area contributed by atoms with Gasteiger partial charge in [-0.05, 0) is 67.1 Å². The molecule has 4 rings (SSSR count). The van der Waals surface area contributed by atoms with Crippen molar-refractivity contribution in [2.24, 2.45) is 0 Å². The number of tetrazole rings is 1. The summed E-state index contributed by atoms with van der Waals surface area (Å²) in [5, 5.41) is 21.4. The van der Waals surface area contributed by atoms with Crippen LogP contribution in [0.5, 0.6) is 0 Å². The van der Waals surface area contributed by atoms with E-state index in [1.807, 2.05) is 0 Å². The molecule has 0 aliphatic rings. The van der Waals surface area contributed by atoms with E-state index in [-0.39, 0.29) is 0 Å². The maximum Gasteiger partial charge on any atom is 0.338 e. The molecule has 0 bridgehead atoms. The number of carbonyl (C=O) groups excluding carboxylic acids is 1. The summed E-state index contributed by atoms with van der Waals surface area (Å²) < 4.78 is 66.0. The van der Waals surface area contributed by atoms with Crippen molar-refractivity contribution < 1.29 is 32.2 Å². The standard InChI is InChI=1S/C26H23F4N5O3/c1-24(2,3)38-23(36)17-6-4-16(5-7-17)18-8-11-22(31-13-18)26(29,30)25(37,14-35-15-32-33-34-35)20-10-9-19(27)12-21(20)28/h4-13,15,37H,14H2,1-3H3. The van der Waals surface area contributed by atoms with Crippen LogP contribution in [0.1, 0.15) is 42.4 Å². The third-order valence-corrected chi connectivity index (χ3v) is 5.62. The highest BCUT2D eigenvalue weighted by molar-refractivity contribution is 5.90. The molecular formula is C26H23F4N5O3. The summed E-state index contributed by atoms with van der Waals surface area (Å²) in [6.45, 7) is 4.29. The number of esters is 1. The van der Waals surface area contributed by atoms with Gasteiger partial charge in [-0.2, -0.15) is 8.78 Å². The van der Waals surface area contributed by atoms with Gasteiger partial charge in [0.1, 0.15) is 29.3 Å². The molecule has 12 heteroatoms. The second-order valence-electron chi connectivity index (χ2n) is 9.58. The number of aromatic nitrogens is 5. The van der Waals surface area contributed by atoms with Crippen molar-refractivity contribution in [2.45, 2.75) is 44.4 Å². The predicted molar refractivity (Wildman–Crippen MR) is 127 cm³/mol. The number of carbonyl (C=O) groups is 1. The first-order chi connectivity index (χ1) is 17.8. The summed E-state index contributed by atoms with van der Waals surface area (Å²) in [6, 6.07) is 10.5. The van der Waals surface area contributed by atoms with E-state index in [1.54, 1.807) is 32.9 Å². The van der Waals surface area contributed by atoms with Crippen LogP contribution in [0.3, 0.4) is 0 Å². The molecule has 0 amide bonds. The number of benzene rings is 2. The Morgan fingerprint density at radius 3 is 2.24 bits per heavy atom. The Labute approximate surface area is 214 Å². The minimum atomic E-state index is -4.17. The van der Waals surface area contributed by atoms with E-state index >= 15 is 8.78 Å². The van der Waals surface area contributed by atoms with Crippen molar-refractivity contribution in [3.63, 3.8) is 0 Å². The lowest BCUT2D eigenvalue weighted by molar-refractivity contribution is -0.207. The Morgan fingerprint density at radius 2 is 1.68 bits per heavy atom. The molecule has 8 nitrogen and oxygen atoms in total. The van der Waals surface area contributed by atoms with E-state index in [0.717, 1.165) is 35.4 Å². The molecule has 1 N–H and O–H groups in total. The molecule has 1 unspecified atom stereocenters. The molecule has 0 saturated carbocycles. The highest BCUT2D eigenvalue weighted by Crippen LogP contribution is 2.46. The van der Waals surface area contributed by atoms with Gasteiger partial charge in [-0.3, -0.25) is 4.98 Å². The fourth-order valence-corrected chi connectivity index (χ4v) is 3.76. The zero-order valence-corrected chi connectivity index (χ0v) is 20.6. The van der Waals surface area contributed by atoms with Gasteiger partial charge in [0.25, 0.3) is 0 Å². The van der Waals surface area contributed by atoms with Crippen LogP contribution in [0.15, 0.2) is 67.1 Å². The summed E-state index contributed by atoms with van der Waals surface area (Å²) in [4.78, 5) is 16.1. The zero-order valence-electron chi connectivity index (χ0n) is 20.6. The lowest BCUT2D eigenvalue weighted by Crippen LogP contribution is -2.48. The Bertz CT molecular complexity index is 1420. The fraction of sp³-hybridized carbons (Fsp3) is 0.269. The van der Waals surface area contributed by atoms with Crippen molar-refractivity contribution in [1.29, 1.82) is 0 Å². The highest BCUT2D eigenvalue weighted by Gasteiger charge is 2.58. The number of pyridine rings is 1. The number of aliphatic hydroxyl groups is 1. The van der Waals surface area contributed by atoms with Gasteiger partial charge in [-0.15, -0.1) is 5.10 Å². The Morgan fingerprint density at radius 1 is 1.00 bits per heavy atom. The quantitative estimate of drug-likeness (QED) is 0.275. The van der Waals surface area contributed by atoms with Crippen molar-refractivity contribution in [3.8, 4) is 11.1 Å². The largest absolute Gasteiger partial charge is 0.456 e. The van der Waals surface area contributed by atoms with Crippen LogP contribution in [0, 0.1) is 11.6 Å². The number of hydrogen-bond donors (Lipinski definition) is 1. The smallest absolute Gasteiger partial charge is 0.338 e. The van der Waals surface area contributed by atoms with Crippen LogP contribution in [-0.4, -0.2) is 41.9 Å². The van der Waals surface area contributed by atoms with Crippen LogP contribution in [0.25, 0.3) is 11.1 Å². The molecule has 0 radical (unpaired) electrons. The minimum Gasteiger partial charge on any atom is -0.456 e. The maximum atomic E-state index is 15.9. The molecule has 0 saturated heterocycles. The van der Waals surface area contributed by atoms with E-state index in [1.165, 1.54) is 18.2 Å². The molecule has 0 spiro atoms. The summed E-state index contributed by atoms with van der Waals surface area (Å²) in [6.07, 6.45) is 2.13. The maximum absolute atomic E-state index is 15.9. The van der Waals surface area contributed by atoms with Gasteiger partial charge in [0.05, 0.1) is 12.1 Å². The number of nitrogens with zero attached hydrogens (tertiary/aromatic N) is 5. The van der Waals surface area contributed by atoms with Crippen molar-refractivity contribution >= 4 is 5.97 Å². The van der Waals surface area contributed by atoms with Crippen LogP contribution in [0.2, 0.25) is 0 Å². The number of rotatable bonds is 7. The molecule has 2 aromatic carbocycles. The van der Waals surface area contributed by atoms with Gasteiger partial charge < -0.3 is 9.84 Å². The van der Waals surface area contributed by atoms with Crippen LogP contribution in [0.4, 0.5) is 17.6 Å². The summed E-state index contributed by atoms with van der Waals surface area (Å²) in [5.74, 6) is -7.05. The molecular weight excluding hydrogens is 506 g/mol. The third kappa shape index (κ3) is 5.40. The molecule has 198 valence electrons. The molecule has 38 heavy (non-hydrogen) atoms. The first-order valence-corrected chi connectivity index (χ1v) is 11.4. The molecule has 2 aromatic heterocycles. The fourth-order valence-electron chi connectivity index (χ4n) is 3.76. The molecule has 0 aliphatic heterocycles. The summed E-state index contributed by atoms with van der Waals surface area (Å²) in [5.41, 5.74) is -4.29. The van der Waals surface area contributed by atoms with Crippen LogP contribution in [-0.2, 0) is 22.8 Å².